The molecule has 2 rings (SSSR count). The Labute approximate surface area is 108 Å². The molecule has 1 aromatic carbocycles. The third kappa shape index (κ3) is 2.68. The van der Waals surface area contributed by atoms with Crippen molar-refractivity contribution in [3.05, 3.63) is 52.6 Å². The van der Waals surface area contributed by atoms with E-state index in [0.29, 0.717) is 11.3 Å². The molecule has 0 saturated heterocycles. The Bertz CT molecular complexity index is 557. The summed E-state index contributed by atoms with van der Waals surface area (Å²) in [5.74, 6) is -0.251. The molecule has 0 radical (unpaired) electrons. The van der Waals surface area contributed by atoms with E-state index in [9.17, 15) is 9.18 Å². The normalized spacial score (nSPS) is 10.4. The Morgan fingerprint density at radius 1 is 1.50 bits per heavy atom. The molecule has 0 unspecified atom stereocenters. The predicted octanol–water partition coefficient (Wildman–Crippen LogP) is 2.74. The summed E-state index contributed by atoms with van der Waals surface area (Å²) in [6.07, 6.45) is 1.50. The van der Waals surface area contributed by atoms with Crippen LogP contribution in [0.25, 0.3) is 0 Å². The molecular weight excluding hydrogens is 259 g/mol. The summed E-state index contributed by atoms with van der Waals surface area (Å²) in [5.41, 5.74) is 0.323. The Hall–Kier alpha value is -1.88. The number of hydrogen-bond donors (Lipinski definition) is 0. The van der Waals surface area contributed by atoms with Gasteiger partial charge in [0, 0.05) is 18.7 Å². The number of nitrogens with zero attached hydrogens (tertiary/aromatic N) is 2. The smallest absolute Gasteiger partial charge is 0.254 e. The van der Waals surface area contributed by atoms with Crippen LogP contribution in [-0.2, 0) is 6.54 Å². The van der Waals surface area contributed by atoms with Crippen molar-refractivity contribution in [2.75, 3.05) is 7.05 Å². The van der Waals surface area contributed by atoms with Gasteiger partial charge in [-0.05, 0) is 18.2 Å². The lowest BCUT2D eigenvalue weighted by atomic mass is 10.2. The number of benzene rings is 1. The first-order chi connectivity index (χ1) is 8.58. The van der Waals surface area contributed by atoms with Crippen molar-refractivity contribution in [2.24, 2.45) is 0 Å². The Morgan fingerprint density at radius 2 is 2.28 bits per heavy atom. The molecule has 0 saturated carbocycles. The van der Waals surface area contributed by atoms with Gasteiger partial charge in [0.25, 0.3) is 5.91 Å². The number of hydrogen-bond acceptors (Lipinski definition) is 3. The quantitative estimate of drug-likeness (QED) is 0.860. The molecule has 0 bridgehead atoms. The van der Waals surface area contributed by atoms with Gasteiger partial charge in [-0.1, -0.05) is 16.8 Å². The van der Waals surface area contributed by atoms with Crippen LogP contribution in [0.3, 0.4) is 0 Å². The molecule has 6 heteroatoms. The van der Waals surface area contributed by atoms with Crippen molar-refractivity contribution in [3.8, 4) is 0 Å². The Morgan fingerprint density at radius 3 is 2.89 bits per heavy atom. The number of carbonyl (C=O) groups is 1. The lowest BCUT2D eigenvalue weighted by Gasteiger charge is -2.15. The van der Waals surface area contributed by atoms with E-state index in [2.05, 4.69) is 5.16 Å². The molecule has 2 aromatic rings. The first kappa shape index (κ1) is 12.6. The van der Waals surface area contributed by atoms with Gasteiger partial charge in [0.2, 0.25) is 0 Å². The molecule has 1 aromatic heterocycles. The van der Waals surface area contributed by atoms with Crippen molar-refractivity contribution < 1.29 is 13.7 Å². The first-order valence-corrected chi connectivity index (χ1v) is 5.56. The molecule has 0 atom stereocenters. The summed E-state index contributed by atoms with van der Waals surface area (Å²) < 4.78 is 17.9. The molecule has 18 heavy (non-hydrogen) atoms. The second kappa shape index (κ2) is 5.18. The van der Waals surface area contributed by atoms with E-state index in [-0.39, 0.29) is 17.5 Å². The van der Waals surface area contributed by atoms with Crippen LogP contribution >= 0.6 is 11.6 Å². The minimum absolute atomic E-state index is 0.0751. The highest BCUT2D eigenvalue weighted by Crippen LogP contribution is 2.17. The van der Waals surface area contributed by atoms with Crippen LogP contribution in [0.1, 0.15) is 16.1 Å². The molecule has 1 amide bonds. The highest BCUT2D eigenvalue weighted by molar-refractivity contribution is 6.31. The molecule has 1 heterocycles. The minimum atomic E-state index is -0.550. The van der Waals surface area contributed by atoms with Crippen molar-refractivity contribution in [1.82, 2.24) is 10.1 Å². The highest BCUT2D eigenvalue weighted by Gasteiger charge is 2.14. The maximum atomic E-state index is 13.0. The van der Waals surface area contributed by atoms with E-state index in [0.717, 1.165) is 6.07 Å². The van der Waals surface area contributed by atoms with Crippen LogP contribution in [0, 0.1) is 5.82 Å². The van der Waals surface area contributed by atoms with Gasteiger partial charge in [-0.25, -0.2) is 4.39 Å². The lowest BCUT2D eigenvalue weighted by Crippen LogP contribution is -2.26. The van der Waals surface area contributed by atoms with Crippen LogP contribution in [0.5, 0.6) is 0 Å². The predicted molar refractivity (Wildman–Crippen MR) is 63.7 cm³/mol. The second-order valence-electron chi connectivity index (χ2n) is 3.77. The minimum Gasteiger partial charge on any atom is -0.360 e. The summed E-state index contributed by atoms with van der Waals surface area (Å²) in [7, 11) is 1.61. The number of aromatic nitrogens is 1. The van der Waals surface area contributed by atoms with Crippen LogP contribution in [0.15, 0.2) is 35.0 Å². The fourth-order valence-electron chi connectivity index (χ4n) is 1.48. The van der Waals surface area contributed by atoms with E-state index in [1.54, 1.807) is 13.1 Å². The van der Waals surface area contributed by atoms with Gasteiger partial charge in [-0.15, -0.1) is 0 Å². The summed E-state index contributed by atoms with van der Waals surface area (Å²) in [6.45, 7) is 0.286. The molecule has 4 nitrogen and oxygen atoms in total. The van der Waals surface area contributed by atoms with Gasteiger partial charge >= 0.3 is 0 Å². The molecular formula is C12H10ClFN2O2. The monoisotopic (exact) mass is 268 g/mol. The van der Waals surface area contributed by atoms with E-state index >= 15 is 0 Å². The lowest BCUT2D eigenvalue weighted by molar-refractivity contribution is 0.0772. The molecule has 0 N–H and O–H groups in total. The van der Waals surface area contributed by atoms with Crippen molar-refractivity contribution in [2.45, 2.75) is 6.54 Å². The average Bonchev–Trinajstić information content (AvgIpc) is 2.84. The molecule has 94 valence electrons. The van der Waals surface area contributed by atoms with E-state index in [1.165, 1.54) is 23.2 Å². The molecule has 0 fully saturated rings. The molecule has 0 aliphatic carbocycles. The maximum Gasteiger partial charge on any atom is 0.254 e. The zero-order valence-electron chi connectivity index (χ0n) is 9.56. The summed E-state index contributed by atoms with van der Waals surface area (Å²) in [5, 5.41) is 3.47. The van der Waals surface area contributed by atoms with Crippen LogP contribution in [0.2, 0.25) is 5.02 Å². The summed E-state index contributed by atoms with van der Waals surface area (Å²) >= 11 is 5.63. The fraction of sp³-hybridized carbons (Fsp3) is 0.167. The summed E-state index contributed by atoms with van der Waals surface area (Å²) in [6, 6.07) is 5.52. The Balaban J connectivity index is 2.12. The summed E-state index contributed by atoms with van der Waals surface area (Å²) in [4.78, 5) is 13.5. The average molecular weight is 269 g/mol. The van der Waals surface area contributed by atoms with E-state index in [4.69, 9.17) is 16.1 Å². The van der Waals surface area contributed by atoms with Gasteiger partial charge in [0.05, 0.1) is 17.8 Å². The van der Waals surface area contributed by atoms with Crippen LogP contribution in [0.4, 0.5) is 4.39 Å². The van der Waals surface area contributed by atoms with Gasteiger partial charge in [0.1, 0.15) is 5.82 Å². The first-order valence-electron chi connectivity index (χ1n) is 5.18. The van der Waals surface area contributed by atoms with Gasteiger partial charge in [-0.2, -0.15) is 0 Å². The fourth-order valence-corrected chi connectivity index (χ4v) is 1.66. The van der Waals surface area contributed by atoms with Crippen molar-refractivity contribution >= 4 is 17.5 Å². The Kier molecular flexibility index (Phi) is 3.62. The third-order valence-electron chi connectivity index (χ3n) is 2.40. The number of carbonyl (C=O) groups excluding carboxylic acids is 1. The van der Waals surface area contributed by atoms with Crippen molar-refractivity contribution in [3.63, 3.8) is 0 Å². The van der Waals surface area contributed by atoms with Crippen LogP contribution < -0.4 is 0 Å². The second-order valence-corrected chi connectivity index (χ2v) is 4.18. The van der Waals surface area contributed by atoms with E-state index in [1.807, 2.05) is 0 Å². The van der Waals surface area contributed by atoms with Crippen LogP contribution in [-0.4, -0.2) is 23.0 Å². The molecule has 0 spiro atoms. The van der Waals surface area contributed by atoms with Crippen molar-refractivity contribution in [1.29, 1.82) is 0 Å². The SMILES string of the molecule is CN(Cc1ccno1)C(=O)c1ccc(F)c(Cl)c1. The molecule has 0 aliphatic heterocycles. The zero-order chi connectivity index (χ0) is 13.1. The zero-order valence-corrected chi connectivity index (χ0v) is 10.3. The standard InChI is InChI=1S/C12H10ClFN2O2/c1-16(7-9-4-5-15-18-9)12(17)8-2-3-11(14)10(13)6-8/h2-6H,7H2,1H3. The highest BCUT2D eigenvalue weighted by atomic mass is 35.5. The topological polar surface area (TPSA) is 46.3 Å². The van der Waals surface area contributed by atoms with Gasteiger partial charge in [-0.3, -0.25) is 4.79 Å². The largest absolute Gasteiger partial charge is 0.360 e. The van der Waals surface area contributed by atoms with Gasteiger partial charge < -0.3 is 9.42 Å². The van der Waals surface area contributed by atoms with Gasteiger partial charge in [0.15, 0.2) is 5.76 Å². The number of amides is 1. The third-order valence-corrected chi connectivity index (χ3v) is 2.69. The molecule has 0 aliphatic rings. The number of rotatable bonds is 3. The number of halogens is 2. The van der Waals surface area contributed by atoms with E-state index < -0.39 is 5.82 Å². The maximum absolute atomic E-state index is 13.0.